The summed E-state index contributed by atoms with van der Waals surface area (Å²) in [6.07, 6.45) is 1.18. The first-order valence-corrected chi connectivity index (χ1v) is 11.3. The van der Waals surface area contributed by atoms with Gasteiger partial charge in [0.05, 0.1) is 10.7 Å². The first kappa shape index (κ1) is 23.7. The zero-order chi connectivity index (χ0) is 22.9. The van der Waals surface area contributed by atoms with Crippen molar-refractivity contribution in [3.05, 3.63) is 92.4 Å². The zero-order valence-electron chi connectivity index (χ0n) is 17.3. The number of hydrogen-bond acceptors (Lipinski definition) is 4. The van der Waals surface area contributed by atoms with Crippen molar-refractivity contribution in [1.29, 1.82) is 0 Å². The minimum absolute atomic E-state index is 0.321. The number of aryl methyl sites for hydroxylation is 1. The Morgan fingerprint density at radius 2 is 1.75 bits per heavy atom. The van der Waals surface area contributed by atoms with Gasteiger partial charge in [0.15, 0.2) is 0 Å². The quantitative estimate of drug-likeness (QED) is 0.215. The Morgan fingerprint density at radius 1 is 1.00 bits per heavy atom. The monoisotopic (exact) mass is 557 g/mol. The summed E-state index contributed by atoms with van der Waals surface area (Å²) in [6.45, 7) is 2.33. The Morgan fingerprint density at radius 3 is 2.47 bits per heavy atom. The molecule has 0 atom stereocenters. The number of para-hydroxylation sites is 1. The number of amides is 2. The first-order valence-electron chi connectivity index (χ1n) is 9.75. The van der Waals surface area contributed by atoms with E-state index in [1.54, 1.807) is 6.07 Å². The molecule has 0 aliphatic carbocycles. The van der Waals surface area contributed by atoms with Gasteiger partial charge in [-0.05, 0) is 75.9 Å². The predicted octanol–water partition coefficient (Wildman–Crippen LogP) is 5.58. The molecule has 0 saturated heterocycles. The van der Waals surface area contributed by atoms with Crippen LogP contribution in [0.1, 0.15) is 23.1 Å². The summed E-state index contributed by atoms with van der Waals surface area (Å²) < 4.78 is 7.63. The molecule has 0 unspecified atom stereocenters. The van der Waals surface area contributed by atoms with E-state index in [1.807, 2.05) is 67.6 Å². The van der Waals surface area contributed by atoms with Gasteiger partial charge in [-0.25, -0.2) is 5.43 Å². The number of hydrazone groups is 1. The van der Waals surface area contributed by atoms with Gasteiger partial charge in [-0.3, -0.25) is 9.59 Å². The summed E-state index contributed by atoms with van der Waals surface area (Å²) in [5, 5.41) is 6.64. The van der Waals surface area contributed by atoms with E-state index < -0.39 is 11.8 Å². The second-order valence-electron chi connectivity index (χ2n) is 6.94. The highest BCUT2D eigenvalue weighted by molar-refractivity contribution is 9.10. The van der Waals surface area contributed by atoms with Crippen LogP contribution in [0.15, 0.2) is 80.8 Å². The third kappa shape index (κ3) is 7.32. The number of anilines is 1. The Kier molecular flexibility index (Phi) is 8.58. The van der Waals surface area contributed by atoms with Gasteiger partial charge < -0.3 is 10.1 Å². The second kappa shape index (κ2) is 11.6. The molecule has 8 heteroatoms. The minimum atomic E-state index is -0.499. The molecule has 32 heavy (non-hydrogen) atoms. The number of benzene rings is 3. The van der Waals surface area contributed by atoms with Gasteiger partial charge in [0, 0.05) is 10.2 Å². The van der Waals surface area contributed by atoms with Crippen molar-refractivity contribution in [2.45, 2.75) is 20.0 Å². The third-order valence-corrected chi connectivity index (χ3v) is 5.56. The highest BCUT2D eigenvalue weighted by Crippen LogP contribution is 2.26. The maximum atomic E-state index is 12.0. The van der Waals surface area contributed by atoms with Gasteiger partial charge >= 0.3 is 0 Å². The number of ether oxygens (including phenoxy) is 1. The topological polar surface area (TPSA) is 79.8 Å². The number of carbonyl (C=O) groups is 2. The third-order valence-electron chi connectivity index (χ3n) is 4.41. The van der Waals surface area contributed by atoms with E-state index in [0.29, 0.717) is 18.0 Å². The fourth-order valence-electron chi connectivity index (χ4n) is 2.73. The molecule has 0 aliphatic heterocycles. The van der Waals surface area contributed by atoms with Crippen molar-refractivity contribution < 1.29 is 14.3 Å². The summed E-state index contributed by atoms with van der Waals surface area (Å²) in [5.74, 6) is -0.204. The summed E-state index contributed by atoms with van der Waals surface area (Å²) in [5.41, 5.74) is 5.79. The van der Waals surface area contributed by atoms with Crippen molar-refractivity contribution in [1.82, 2.24) is 5.43 Å². The molecule has 2 amide bonds. The number of hydrogen-bond donors (Lipinski definition) is 2. The van der Waals surface area contributed by atoms with Crippen LogP contribution in [0.4, 0.5) is 5.69 Å². The van der Waals surface area contributed by atoms with Gasteiger partial charge in [0.1, 0.15) is 18.8 Å². The molecular formula is C24H21Br2N3O3. The molecule has 0 bridgehead atoms. The first-order chi connectivity index (χ1) is 15.4. The van der Waals surface area contributed by atoms with E-state index >= 15 is 0 Å². The molecule has 0 heterocycles. The van der Waals surface area contributed by atoms with Crippen LogP contribution in [0.25, 0.3) is 0 Å². The van der Waals surface area contributed by atoms with Crippen LogP contribution in [-0.2, 0) is 16.2 Å². The molecule has 0 saturated carbocycles. The number of rotatable bonds is 8. The van der Waals surface area contributed by atoms with Crippen LogP contribution in [0, 0.1) is 6.92 Å². The standard InChI is InChI=1S/C24H21Br2N3O3/c1-16-4-2-3-5-21(16)28-23(30)13-24(31)29-27-14-18-8-11-22(20(26)12-18)32-15-17-6-9-19(25)10-7-17/h2-12,14H,13,15H2,1H3,(H,28,30)(H,29,31). The molecule has 2 N–H and O–H groups in total. The van der Waals surface area contributed by atoms with Gasteiger partial charge in [0.25, 0.3) is 0 Å². The molecule has 0 aliphatic rings. The van der Waals surface area contributed by atoms with Gasteiger partial charge in [-0.1, -0.05) is 46.3 Å². The SMILES string of the molecule is Cc1ccccc1NC(=O)CC(=O)NN=Cc1ccc(OCc2ccc(Br)cc2)c(Br)c1. The predicted molar refractivity (Wildman–Crippen MR) is 133 cm³/mol. The maximum absolute atomic E-state index is 12.0. The molecule has 0 aromatic heterocycles. The molecule has 3 aromatic rings. The highest BCUT2D eigenvalue weighted by Gasteiger charge is 2.10. The van der Waals surface area contributed by atoms with Crippen molar-refractivity contribution in [2.24, 2.45) is 5.10 Å². The van der Waals surface area contributed by atoms with Gasteiger partial charge in [0.2, 0.25) is 11.8 Å². The zero-order valence-corrected chi connectivity index (χ0v) is 20.4. The van der Waals surface area contributed by atoms with Crippen LogP contribution >= 0.6 is 31.9 Å². The summed E-state index contributed by atoms with van der Waals surface area (Å²) >= 11 is 6.90. The number of halogens is 2. The Labute approximate surface area is 203 Å². The van der Waals surface area contributed by atoms with Gasteiger partial charge in [-0.15, -0.1) is 0 Å². The van der Waals surface area contributed by atoms with Crippen molar-refractivity contribution >= 4 is 55.6 Å². The largest absolute Gasteiger partial charge is 0.488 e. The molecular weight excluding hydrogens is 538 g/mol. The minimum Gasteiger partial charge on any atom is -0.488 e. The Bertz CT molecular complexity index is 1130. The molecule has 0 fully saturated rings. The molecule has 3 rings (SSSR count). The smallest absolute Gasteiger partial charge is 0.249 e. The Balaban J connectivity index is 1.47. The maximum Gasteiger partial charge on any atom is 0.249 e. The van der Waals surface area contributed by atoms with Crippen LogP contribution in [0.5, 0.6) is 5.75 Å². The summed E-state index contributed by atoms with van der Waals surface area (Å²) in [4.78, 5) is 24.0. The highest BCUT2D eigenvalue weighted by atomic mass is 79.9. The van der Waals surface area contributed by atoms with Crippen molar-refractivity contribution in [3.63, 3.8) is 0 Å². The molecule has 164 valence electrons. The lowest BCUT2D eigenvalue weighted by atomic mass is 10.2. The van der Waals surface area contributed by atoms with E-state index in [9.17, 15) is 9.59 Å². The summed E-state index contributed by atoms with van der Waals surface area (Å²) in [6, 6.07) is 20.8. The molecule has 3 aromatic carbocycles. The van der Waals surface area contributed by atoms with E-state index in [4.69, 9.17) is 4.74 Å². The van der Waals surface area contributed by atoms with Gasteiger partial charge in [-0.2, -0.15) is 5.10 Å². The fourth-order valence-corrected chi connectivity index (χ4v) is 3.50. The number of nitrogens with zero attached hydrogens (tertiary/aromatic N) is 1. The second-order valence-corrected chi connectivity index (χ2v) is 8.71. The normalized spacial score (nSPS) is 10.7. The average Bonchev–Trinajstić information content (AvgIpc) is 2.76. The number of nitrogens with one attached hydrogen (secondary N) is 2. The Hall–Kier alpha value is -2.97. The van der Waals surface area contributed by atoms with E-state index in [-0.39, 0.29) is 6.42 Å². The lowest BCUT2D eigenvalue weighted by Crippen LogP contribution is -2.24. The van der Waals surface area contributed by atoms with E-state index in [0.717, 1.165) is 25.6 Å². The van der Waals surface area contributed by atoms with Crippen LogP contribution in [0.2, 0.25) is 0 Å². The lowest BCUT2D eigenvalue weighted by molar-refractivity contribution is -0.126. The van der Waals surface area contributed by atoms with Crippen LogP contribution in [0.3, 0.4) is 0 Å². The summed E-state index contributed by atoms with van der Waals surface area (Å²) in [7, 11) is 0. The molecule has 6 nitrogen and oxygen atoms in total. The van der Waals surface area contributed by atoms with E-state index in [1.165, 1.54) is 6.21 Å². The van der Waals surface area contributed by atoms with Crippen LogP contribution in [-0.4, -0.2) is 18.0 Å². The fraction of sp³-hybridized carbons (Fsp3) is 0.125. The molecule has 0 spiro atoms. The van der Waals surface area contributed by atoms with Crippen LogP contribution < -0.4 is 15.5 Å². The number of carbonyl (C=O) groups excluding carboxylic acids is 2. The van der Waals surface area contributed by atoms with Crippen molar-refractivity contribution in [2.75, 3.05) is 5.32 Å². The molecule has 0 radical (unpaired) electrons. The average molecular weight is 559 g/mol. The van der Waals surface area contributed by atoms with E-state index in [2.05, 4.69) is 47.7 Å². The van der Waals surface area contributed by atoms with Crippen molar-refractivity contribution in [3.8, 4) is 5.75 Å². The lowest BCUT2D eigenvalue weighted by Gasteiger charge is -2.09.